The molecule has 2 N–H and O–H groups in total. The first-order valence-electron chi connectivity index (χ1n) is 6.29. The zero-order valence-corrected chi connectivity index (χ0v) is 12.3. The fourth-order valence-electron chi connectivity index (χ4n) is 2.39. The molecule has 1 aliphatic rings. The number of carbonyl (C=O) groups excluding carboxylic acids is 1. The number of amides is 1. The second-order valence-electron chi connectivity index (χ2n) is 4.95. The highest BCUT2D eigenvalue weighted by Crippen LogP contribution is 2.34. The summed E-state index contributed by atoms with van der Waals surface area (Å²) in [5.74, 6) is -0.806. The van der Waals surface area contributed by atoms with Crippen LogP contribution in [0.25, 0.3) is 0 Å². The summed E-state index contributed by atoms with van der Waals surface area (Å²) in [5, 5.41) is 0.0663. The van der Waals surface area contributed by atoms with E-state index in [2.05, 4.69) is 0 Å². The lowest BCUT2D eigenvalue weighted by Crippen LogP contribution is -2.56. The maximum Gasteiger partial charge on any atom is 0.408 e. The SMILES string of the molecule is N[C@@H]1CC[C@H](C(F)(F)F)N(C(=O)c2cccc(Cl)c2Cl)C1. The molecule has 2 atom stereocenters. The third kappa shape index (κ3) is 3.44. The molecule has 1 amide bonds. The molecule has 2 rings (SSSR count). The van der Waals surface area contributed by atoms with Crippen LogP contribution in [-0.2, 0) is 0 Å². The van der Waals surface area contributed by atoms with Crippen LogP contribution in [0.5, 0.6) is 0 Å². The molecule has 0 unspecified atom stereocenters. The Morgan fingerprint density at radius 1 is 1.29 bits per heavy atom. The van der Waals surface area contributed by atoms with Gasteiger partial charge in [0.05, 0.1) is 15.6 Å². The minimum Gasteiger partial charge on any atom is -0.326 e. The number of piperidine rings is 1. The fraction of sp³-hybridized carbons (Fsp3) is 0.462. The van der Waals surface area contributed by atoms with Crippen LogP contribution in [0.2, 0.25) is 10.0 Å². The van der Waals surface area contributed by atoms with Crippen LogP contribution in [0.4, 0.5) is 13.2 Å². The summed E-state index contributed by atoms with van der Waals surface area (Å²) in [6.45, 7) is -0.161. The molecule has 0 saturated carbocycles. The number of hydrogen-bond donors (Lipinski definition) is 1. The molecule has 1 heterocycles. The highest BCUT2D eigenvalue weighted by molar-refractivity contribution is 6.43. The van der Waals surface area contributed by atoms with E-state index in [4.69, 9.17) is 28.9 Å². The number of nitrogens with two attached hydrogens (primary N) is 1. The number of alkyl halides is 3. The summed E-state index contributed by atoms with van der Waals surface area (Å²) in [6, 6.07) is 1.95. The Labute approximate surface area is 129 Å². The lowest BCUT2D eigenvalue weighted by molar-refractivity contribution is -0.184. The van der Waals surface area contributed by atoms with Crippen LogP contribution in [0.3, 0.4) is 0 Å². The van der Waals surface area contributed by atoms with Crippen molar-refractivity contribution in [2.24, 2.45) is 5.73 Å². The predicted molar refractivity (Wildman–Crippen MR) is 74.6 cm³/mol. The Bertz CT molecular complexity index is 551. The molecule has 1 aromatic rings. The van der Waals surface area contributed by atoms with Crippen molar-refractivity contribution >= 4 is 29.1 Å². The normalized spacial score (nSPS) is 23.2. The Kier molecular flexibility index (Phi) is 4.70. The highest BCUT2D eigenvalue weighted by atomic mass is 35.5. The molecule has 116 valence electrons. The number of likely N-dealkylation sites (tertiary alicyclic amines) is 1. The molecular weight excluding hydrogens is 328 g/mol. The van der Waals surface area contributed by atoms with Crippen molar-refractivity contribution in [2.75, 3.05) is 6.54 Å². The minimum absolute atomic E-state index is 0.0486. The van der Waals surface area contributed by atoms with Gasteiger partial charge >= 0.3 is 6.18 Å². The lowest BCUT2D eigenvalue weighted by Gasteiger charge is -2.39. The summed E-state index contributed by atoms with van der Waals surface area (Å²) in [6.07, 6.45) is -4.49. The Morgan fingerprint density at radius 2 is 1.95 bits per heavy atom. The van der Waals surface area contributed by atoms with E-state index < -0.39 is 24.2 Å². The van der Waals surface area contributed by atoms with Gasteiger partial charge in [0.1, 0.15) is 6.04 Å². The van der Waals surface area contributed by atoms with Crippen LogP contribution in [0.1, 0.15) is 23.2 Å². The predicted octanol–water partition coefficient (Wildman–Crippen LogP) is 3.49. The van der Waals surface area contributed by atoms with Crippen LogP contribution >= 0.6 is 23.2 Å². The van der Waals surface area contributed by atoms with Crippen LogP contribution < -0.4 is 5.73 Å². The van der Waals surface area contributed by atoms with Crippen LogP contribution in [0, 0.1) is 0 Å². The molecule has 1 fully saturated rings. The lowest BCUT2D eigenvalue weighted by atomic mass is 9.97. The number of halogens is 5. The van der Waals surface area contributed by atoms with E-state index in [1.54, 1.807) is 0 Å². The maximum absolute atomic E-state index is 13.1. The third-order valence-corrected chi connectivity index (χ3v) is 4.26. The summed E-state index contributed by atoms with van der Waals surface area (Å²) < 4.78 is 39.2. The number of hydrogen-bond acceptors (Lipinski definition) is 2. The minimum atomic E-state index is -4.50. The van der Waals surface area contributed by atoms with Gasteiger partial charge in [0.25, 0.3) is 5.91 Å². The number of nitrogens with zero attached hydrogens (tertiary/aromatic N) is 1. The van der Waals surface area contributed by atoms with Gasteiger partial charge in [0.2, 0.25) is 0 Å². The van der Waals surface area contributed by atoms with Crippen molar-refractivity contribution in [3.05, 3.63) is 33.8 Å². The molecule has 0 aliphatic carbocycles. The van der Waals surface area contributed by atoms with Gasteiger partial charge in [-0.25, -0.2) is 0 Å². The van der Waals surface area contributed by atoms with Gasteiger partial charge in [-0.2, -0.15) is 13.2 Å². The van der Waals surface area contributed by atoms with Crippen molar-refractivity contribution in [1.82, 2.24) is 4.90 Å². The van der Waals surface area contributed by atoms with Crippen molar-refractivity contribution in [3.8, 4) is 0 Å². The molecule has 0 aromatic heterocycles. The summed E-state index contributed by atoms with van der Waals surface area (Å²) in [5.41, 5.74) is 5.65. The van der Waals surface area contributed by atoms with E-state index in [0.29, 0.717) is 0 Å². The average Bonchev–Trinajstić information content (AvgIpc) is 2.39. The van der Waals surface area contributed by atoms with Crippen molar-refractivity contribution < 1.29 is 18.0 Å². The molecule has 0 spiro atoms. The third-order valence-electron chi connectivity index (χ3n) is 3.44. The van der Waals surface area contributed by atoms with Gasteiger partial charge < -0.3 is 10.6 Å². The quantitative estimate of drug-likeness (QED) is 0.850. The molecule has 21 heavy (non-hydrogen) atoms. The summed E-state index contributed by atoms with van der Waals surface area (Å²) >= 11 is 11.7. The zero-order valence-electron chi connectivity index (χ0n) is 10.8. The first kappa shape index (κ1) is 16.4. The van der Waals surface area contributed by atoms with Crippen molar-refractivity contribution in [2.45, 2.75) is 31.1 Å². The van der Waals surface area contributed by atoms with Crippen molar-refractivity contribution in [1.29, 1.82) is 0 Å². The average molecular weight is 341 g/mol. The Balaban J connectivity index is 2.36. The smallest absolute Gasteiger partial charge is 0.326 e. The molecule has 1 aliphatic heterocycles. The van der Waals surface area contributed by atoms with Gasteiger partial charge in [-0.05, 0) is 25.0 Å². The Hall–Kier alpha value is -0.980. The van der Waals surface area contributed by atoms with E-state index in [-0.39, 0.29) is 35.0 Å². The number of benzene rings is 1. The second-order valence-corrected chi connectivity index (χ2v) is 5.74. The zero-order chi connectivity index (χ0) is 15.8. The van der Waals surface area contributed by atoms with Gasteiger partial charge in [-0.15, -0.1) is 0 Å². The summed E-state index contributed by atoms with van der Waals surface area (Å²) in [7, 11) is 0. The summed E-state index contributed by atoms with van der Waals surface area (Å²) in [4.78, 5) is 13.1. The van der Waals surface area contributed by atoms with Crippen molar-refractivity contribution in [3.63, 3.8) is 0 Å². The second kappa shape index (κ2) is 6.02. The van der Waals surface area contributed by atoms with Crippen LogP contribution in [0.15, 0.2) is 18.2 Å². The maximum atomic E-state index is 13.1. The number of carbonyl (C=O) groups is 1. The molecule has 0 bridgehead atoms. The first-order valence-corrected chi connectivity index (χ1v) is 7.04. The van der Waals surface area contributed by atoms with Gasteiger partial charge in [-0.3, -0.25) is 4.79 Å². The standard InChI is InChI=1S/C13H13Cl2F3N2O/c14-9-3-1-2-8(11(9)15)12(21)20-6-7(19)4-5-10(20)13(16,17)18/h1-3,7,10H,4-6,19H2/t7-,10-/m1/s1. The van der Waals surface area contributed by atoms with E-state index in [1.165, 1.54) is 18.2 Å². The topological polar surface area (TPSA) is 46.3 Å². The van der Waals surface area contributed by atoms with Gasteiger partial charge in [0, 0.05) is 12.6 Å². The van der Waals surface area contributed by atoms with E-state index in [0.717, 1.165) is 4.90 Å². The van der Waals surface area contributed by atoms with E-state index in [1.807, 2.05) is 0 Å². The molecule has 3 nitrogen and oxygen atoms in total. The Morgan fingerprint density at radius 3 is 2.57 bits per heavy atom. The fourth-order valence-corrected chi connectivity index (χ4v) is 2.77. The largest absolute Gasteiger partial charge is 0.408 e. The van der Waals surface area contributed by atoms with E-state index in [9.17, 15) is 18.0 Å². The molecule has 1 saturated heterocycles. The molecule has 1 aromatic carbocycles. The van der Waals surface area contributed by atoms with Crippen LogP contribution in [-0.4, -0.2) is 35.6 Å². The molecular formula is C13H13Cl2F3N2O. The van der Waals surface area contributed by atoms with Gasteiger partial charge in [-0.1, -0.05) is 29.3 Å². The highest BCUT2D eigenvalue weighted by Gasteiger charge is 2.47. The number of rotatable bonds is 1. The molecule has 8 heteroatoms. The monoisotopic (exact) mass is 340 g/mol. The molecule has 0 radical (unpaired) electrons. The first-order chi connectivity index (χ1) is 9.71. The van der Waals surface area contributed by atoms with E-state index >= 15 is 0 Å². The van der Waals surface area contributed by atoms with Gasteiger partial charge in [0.15, 0.2) is 0 Å².